The number of hydrogen-bond acceptors (Lipinski definition) is 2. The number of ether oxygens (including phenoxy) is 1. The first-order chi connectivity index (χ1) is 9.39. The van der Waals surface area contributed by atoms with Crippen LogP contribution in [0, 0.1) is 0 Å². The van der Waals surface area contributed by atoms with Crippen LogP contribution in [-0.2, 0) is 6.54 Å². The SMILES string of the molecule is NCc1cc(OC(F)(F)F)cc(-c2ccccc2Cl)c1. The second-order valence-electron chi connectivity index (χ2n) is 4.10. The van der Waals surface area contributed by atoms with Crippen molar-refractivity contribution in [3.8, 4) is 16.9 Å². The van der Waals surface area contributed by atoms with Gasteiger partial charge in [-0.25, -0.2) is 0 Å². The maximum atomic E-state index is 12.3. The predicted molar refractivity (Wildman–Crippen MR) is 71.5 cm³/mol. The van der Waals surface area contributed by atoms with Crippen LogP contribution in [0.4, 0.5) is 13.2 Å². The lowest BCUT2D eigenvalue weighted by Crippen LogP contribution is -2.17. The molecule has 2 aromatic carbocycles. The number of benzene rings is 2. The fraction of sp³-hybridized carbons (Fsp3) is 0.143. The maximum absolute atomic E-state index is 12.3. The molecule has 2 N–H and O–H groups in total. The molecular weight excluding hydrogens is 291 g/mol. The first-order valence-corrected chi connectivity index (χ1v) is 6.11. The van der Waals surface area contributed by atoms with Crippen LogP contribution >= 0.6 is 11.6 Å². The third-order valence-electron chi connectivity index (χ3n) is 2.62. The van der Waals surface area contributed by atoms with Crippen molar-refractivity contribution in [3.63, 3.8) is 0 Å². The second-order valence-corrected chi connectivity index (χ2v) is 4.50. The summed E-state index contributed by atoms with van der Waals surface area (Å²) in [6, 6.07) is 11.1. The minimum absolute atomic E-state index is 0.104. The molecule has 2 nitrogen and oxygen atoms in total. The Kier molecular flexibility index (Phi) is 4.20. The van der Waals surface area contributed by atoms with Gasteiger partial charge in [0.15, 0.2) is 0 Å². The molecule has 0 heterocycles. The Morgan fingerprint density at radius 2 is 1.80 bits per heavy atom. The largest absolute Gasteiger partial charge is 0.573 e. The average molecular weight is 302 g/mol. The van der Waals surface area contributed by atoms with Crippen molar-refractivity contribution < 1.29 is 17.9 Å². The fourth-order valence-corrected chi connectivity index (χ4v) is 2.07. The van der Waals surface area contributed by atoms with Gasteiger partial charge in [0.2, 0.25) is 0 Å². The van der Waals surface area contributed by atoms with Crippen molar-refractivity contribution in [1.82, 2.24) is 0 Å². The van der Waals surface area contributed by atoms with Crippen LogP contribution in [0.1, 0.15) is 5.56 Å². The smallest absolute Gasteiger partial charge is 0.406 e. The zero-order valence-electron chi connectivity index (χ0n) is 10.2. The number of rotatable bonds is 3. The molecule has 0 fully saturated rings. The molecule has 0 aromatic heterocycles. The highest BCUT2D eigenvalue weighted by Gasteiger charge is 2.31. The summed E-state index contributed by atoms with van der Waals surface area (Å²) in [5.41, 5.74) is 7.17. The van der Waals surface area contributed by atoms with Gasteiger partial charge in [0, 0.05) is 17.1 Å². The van der Waals surface area contributed by atoms with Crippen LogP contribution in [0.5, 0.6) is 5.75 Å². The second kappa shape index (κ2) is 5.73. The van der Waals surface area contributed by atoms with E-state index in [1.54, 1.807) is 30.3 Å². The number of hydrogen-bond donors (Lipinski definition) is 1. The highest BCUT2D eigenvalue weighted by Crippen LogP contribution is 2.33. The summed E-state index contributed by atoms with van der Waals surface area (Å²) in [7, 11) is 0. The van der Waals surface area contributed by atoms with E-state index in [4.69, 9.17) is 17.3 Å². The first kappa shape index (κ1) is 14.7. The van der Waals surface area contributed by atoms with Crippen LogP contribution in [0.25, 0.3) is 11.1 Å². The molecule has 0 amide bonds. The van der Waals surface area contributed by atoms with Gasteiger partial charge in [-0.05, 0) is 35.4 Å². The van der Waals surface area contributed by atoms with E-state index in [0.717, 1.165) is 0 Å². The lowest BCUT2D eigenvalue weighted by Gasteiger charge is -2.13. The number of alkyl halides is 3. The van der Waals surface area contributed by atoms with E-state index >= 15 is 0 Å². The van der Waals surface area contributed by atoms with E-state index in [1.165, 1.54) is 12.1 Å². The van der Waals surface area contributed by atoms with E-state index in [-0.39, 0.29) is 12.3 Å². The van der Waals surface area contributed by atoms with E-state index in [1.807, 2.05) is 0 Å². The van der Waals surface area contributed by atoms with Gasteiger partial charge in [0.1, 0.15) is 5.75 Å². The van der Waals surface area contributed by atoms with E-state index < -0.39 is 6.36 Å². The van der Waals surface area contributed by atoms with Gasteiger partial charge in [-0.3, -0.25) is 0 Å². The Bertz CT molecular complexity index is 614. The van der Waals surface area contributed by atoms with E-state index in [0.29, 0.717) is 21.7 Å². The van der Waals surface area contributed by atoms with E-state index in [9.17, 15) is 13.2 Å². The van der Waals surface area contributed by atoms with Crippen LogP contribution in [0.2, 0.25) is 5.02 Å². The Balaban J connectivity index is 2.48. The van der Waals surface area contributed by atoms with E-state index in [2.05, 4.69) is 4.74 Å². The standard InChI is InChI=1S/C14H11ClF3NO/c15-13-4-2-1-3-12(13)10-5-9(8-19)6-11(7-10)20-14(16,17)18/h1-7H,8,19H2. The van der Waals surface area contributed by atoms with Crippen LogP contribution in [0.15, 0.2) is 42.5 Å². The van der Waals surface area contributed by atoms with Gasteiger partial charge in [-0.2, -0.15) is 0 Å². The molecule has 0 unspecified atom stereocenters. The van der Waals surface area contributed by atoms with Gasteiger partial charge in [0.25, 0.3) is 0 Å². The molecule has 0 radical (unpaired) electrons. The quantitative estimate of drug-likeness (QED) is 0.914. The van der Waals surface area contributed by atoms with Gasteiger partial charge >= 0.3 is 6.36 Å². The van der Waals surface area contributed by atoms with Gasteiger partial charge < -0.3 is 10.5 Å². The first-order valence-electron chi connectivity index (χ1n) is 5.74. The summed E-state index contributed by atoms with van der Waals surface area (Å²) in [6.45, 7) is 0.104. The molecule has 0 bridgehead atoms. The molecule has 0 saturated heterocycles. The Labute approximate surface area is 118 Å². The van der Waals surface area contributed by atoms with Crippen molar-refractivity contribution in [2.24, 2.45) is 5.73 Å². The molecule has 106 valence electrons. The lowest BCUT2D eigenvalue weighted by atomic mass is 10.0. The number of nitrogens with two attached hydrogens (primary N) is 1. The molecular formula is C14H11ClF3NO. The molecule has 0 spiro atoms. The number of halogens is 4. The molecule has 2 rings (SSSR count). The van der Waals surface area contributed by atoms with Crippen LogP contribution in [0.3, 0.4) is 0 Å². The summed E-state index contributed by atoms with van der Waals surface area (Å²) >= 11 is 6.05. The van der Waals surface area contributed by atoms with Crippen molar-refractivity contribution in [3.05, 3.63) is 53.1 Å². The molecule has 0 aliphatic rings. The van der Waals surface area contributed by atoms with Crippen LogP contribution < -0.4 is 10.5 Å². The molecule has 0 aliphatic heterocycles. The Morgan fingerprint density at radius 1 is 1.10 bits per heavy atom. The van der Waals surface area contributed by atoms with Gasteiger partial charge in [-0.1, -0.05) is 29.8 Å². The Hall–Kier alpha value is -1.72. The molecule has 0 saturated carbocycles. The average Bonchev–Trinajstić information content (AvgIpc) is 2.36. The topological polar surface area (TPSA) is 35.2 Å². The molecule has 2 aromatic rings. The monoisotopic (exact) mass is 301 g/mol. The summed E-state index contributed by atoms with van der Waals surface area (Å²) < 4.78 is 40.9. The summed E-state index contributed by atoms with van der Waals surface area (Å²) in [5.74, 6) is -0.310. The van der Waals surface area contributed by atoms with Gasteiger partial charge in [0.05, 0.1) is 0 Å². The third-order valence-corrected chi connectivity index (χ3v) is 2.95. The molecule has 0 aliphatic carbocycles. The Morgan fingerprint density at radius 3 is 2.40 bits per heavy atom. The zero-order chi connectivity index (χ0) is 14.8. The molecule has 0 atom stereocenters. The fourth-order valence-electron chi connectivity index (χ4n) is 1.82. The van der Waals surface area contributed by atoms with Crippen molar-refractivity contribution in [1.29, 1.82) is 0 Å². The minimum Gasteiger partial charge on any atom is -0.406 e. The summed E-state index contributed by atoms with van der Waals surface area (Å²) in [6.07, 6.45) is -4.75. The summed E-state index contributed by atoms with van der Waals surface area (Å²) in [4.78, 5) is 0. The van der Waals surface area contributed by atoms with Crippen molar-refractivity contribution in [2.45, 2.75) is 12.9 Å². The van der Waals surface area contributed by atoms with Crippen molar-refractivity contribution >= 4 is 11.6 Å². The third kappa shape index (κ3) is 3.65. The highest BCUT2D eigenvalue weighted by molar-refractivity contribution is 6.33. The van der Waals surface area contributed by atoms with Crippen LogP contribution in [-0.4, -0.2) is 6.36 Å². The molecule has 20 heavy (non-hydrogen) atoms. The lowest BCUT2D eigenvalue weighted by molar-refractivity contribution is -0.274. The normalized spacial score (nSPS) is 11.4. The zero-order valence-corrected chi connectivity index (χ0v) is 11.0. The molecule has 6 heteroatoms. The summed E-state index contributed by atoms with van der Waals surface area (Å²) in [5, 5.41) is 0.444. The highest BCUT2D eigenvalue weighted by atomic mass is 35.5. The predicted octanol–water partition coefficient (Wildman–Crippen LogP) is 4.36. The maximum Gasteiger partial charge on any atom is 0.573 e. The van der Waals surface area contributed by atoms with Crippen molar-refractivity contribution in [2.75, 3.05) is 0 Å². The minimum atomic E-state index is -4.75. The van der Waals surface area contributed by atoms with Gasteiger partial charge in [-0.15, -0.1) is 13.2 Å².